The van der Waals surface area contributed by atoms with Crippen molar-refractivity contribution in [3.8, 4) is 10.4 Å². The van der Waals surface area contributed by atoms with Crippen LogP contribution in [0.25, 0.3) is 10.4 Å². The molecule has 4 rings (SSSR count). The molecule has 0 bridgehead atoms. The van der Waals surface area contributed by atoms with Gasteiger partial charge < -0.3 is 10.4 Å². The maximum Gasteiger partial charge on any atom is 0.243 e. The summed E-state index contributed by atoms with van der Waals surface area (Å²) < 4.78 is 27.8. The Morgan fingerprint density at radius 1 is 1.14 bits per heavy atom. The quantitative estimate of drug-likeness (QED) is 0.522. The number of nitrogens with one attached hydrogen (secondary N) is 1. The number of hydrogen-bond donors (Lipinski definition) is 2. The van der Waals surface area contributed by atoms with Crippen LogP contribution in [0.4, 0.5) is 0 Å². The third-order valence-corrected chi connectivity index (χ3v) is 9.16. The third kappa shape index (κ3) is 5.48. The minimum absolute atomic E-state index is 0.0642. The highest BCUT2D eigenvalue weighted by Gasteiger charge is 2.43. The molecule has 1 saturated heterocycles. The fourth-order valence-corrected chi connectivity index (χ4v) is 6.66. The molecule has 1 amide bonds. The average Bonchev–Trinajstić information content (AvgIpc) is 3.43. The minimum Gasteiger partial charge on any atom is -0.392 e. The molecule has 0 spiro atoms. The second kappa shape index (κ2) is 9.81. The number of sulfonamides is 1. The third-order valence-electron chi connectivity index (χ3n) is 6.29. The summed E-state index contributed by atoms with van der Waals surface area (Å²) in [6.45, 7) is 8.30. The highest BCUT2D eigenvalue weighted by Crippen LogP contribution is 2.30. The Morgan fingerprint density at radius 2 is 1.80 bits per heavy atom. The fraction of sp³-hybridized carbons (Fsp3) is 0.385. The maximum absolute atomic E-state index is 13.3. The summed E-state index contributed by atoms with van der Waals surface area (Å²) >= 11 is 1.58. The molecule has 0 aliphatic carbocycles. The largest absolute Gasteiger partial charge is 0.392 e. The van der Waals surface area contributed by atoms with E-state index in [4.69, 9.17) is 0 Å². The number of carbonyl (C=O) groups is 1. The lowest BCUT2D eigenvalue weighted by Gasteiger charge is -2.24. The molecule has 186 valence electrons. The molecule has 9 heteroatoms. The van der Waals surface area contributed by atoms with Gasteiger partial charge in [-0.25, -0.2) is 13.4 Å². The van der Waals surface area contributed by atoms with Crippen LogP contribution < -0.4 is 5.32 Å². The Bertz CT molecular complexity index is 1290. The molecule has 1 fully saturated rings. The summed E-state index contributed by atoms with van der Waals surface area (Å²) in [7, 11) is -3.94. The number of thiazole rings is 1. The van der Waals surface area contributed by atoms with Crippen LogP contribution in [0.2, 0.25) is 0 Å². The average molecular weight is 514 g/mol. The van der Waals surface area contributed by atoms with E-state index in [0.717, 1.165) is 31.6 Å². The number of aryl methyl sites for hydroxylation is 1. The van der Waals surface area contributed by atoms with E-state index in [1.807, 2.05) is 36.7 Å². The SMILES string of the molecule is Cc1ncsc1-c1ccc(CNC(=O)[C@@H]2C[C@@H](O)CN2S(=O)(=O)c2ccc(C(C)(C)C)cc2)cc1. The smallest absolute Gasteiger partial charge is 0.243 e. The first-order chi connectivity index (χ1) is 16.5. The molecular weight excluding hydrogens is 482 g/mol. The zero-order valence-electron chi connectivity index (χ0n) is 20.4. The molecule has 0 unspecified atom stereocenters. The van der Waals surface area contributed by atoms with Gasteiger partial charge in [0, 0.05) is 19.5 Å². The normalized spacial score (nSPS) is 19.1. The Hall–Kier alpha value is -2.59. The van der Waals surface area contributed by atoms with Crippen molar-refractivity contribution in [2.24, 2.45) is 0 Å². The van der Waals surface area contributed by atoms with Gasteiger partial charge in [-0.2, -0.15) is 4.31 Å². The summed E-state index contributed by atoms with van der Waals surface area (Å²) in [4.78, 5) is 18.5. The van der Waals surface area contributed by atoms with Gasteiger partial charge in [-0.15, -0.1) is 11.3 Å². The van der Waals surface area contributed by atoms with Crippen LogP contribution in [0.5, 0.6) is 0 Å². The van der Waals surface area contributed by atoms with Gasteiger partial charge in [-0.3, -0.25) is 4.79 Å². The van der Waals surface area contributed by atoms with E-state index in [-0.39, 0.29) is 29.8 Å². The maximum atomic E-state index is 13.3. The van der Waals surface area contributed by atoms with Gasteiger partial charge in [0.05, 0.1) is 27.1 Å². The second-order valence-corrected chi connectivity index (χ2v) is 12.7. The first kappa shape index (κ1) is 25.5. The number of aromatic nitrogens is 1. The summed E-state index contributed by atoms with van der Waals surface area (Å²) in [5.41, 5.74) is 5.66. The molecule has 1 aromatic heterocycles. The number of aliphatic hydroxyl groups excluding tert-OH is 1. The van der Waals surface area contributed by atoms with Gasteiger partial charge in [-0.1, -0.05) is 57.2 Å². The van der Waals surface area contributed by atoms with Crippen LogP contribution in [0.15, 0.2) is 58.9 Å². The van der Waals surface area contributed by atoms with Crippen molar-refractivity contribution in [3.05, 3.63) is 70.9 Å². The summed E-state index contributed by atoms with van der Waals surface area (Å²) in [6.07, 6.45) is -0.828. The molecule has 3 aromatic rings. The Morgan fingerprint density at radius 3 is 2.37 bits per heavy atom. The zero-order valence-corrected chi connectivity index (χ0v) is 22.0. The van der Waals surface area contributed by atoms with Crippen LogP contribution >= 0.6 is 11.3 Å². The molecule has 2 N–H and O–H groups in total. The molecule has 35 heavy (non-hydrogen) atoms. The minimum atomic E-state index is -3.94. The molecule has 0 saturated carbocycles. The molecule has 1 aliphatic rings. The highest BCUT2D eigenvalue weighted by molar-refractivity contribution is 7.89. The van der Waals surface area contributed by atoms with Gasteiger partial charge >= 0.3 is 0 Å². The number of carbonyl (C=O) groups excluding carboxylic acids is 1. The van der Waals surface area contributed by atoms with Crippen molar-refractivity contribution in [3.63, 3.8) is 0 Å². The Kier molecular flexibility index (Phi) is 7.15. The fourth-order valence-electron chi connectivity index (χ4n) is 4.21. The number of rotatable bonds is 6. The number of aliphatic hydroxyl groups is 1. The lowest BCUT2D eigenvalue weighted by molar-refractivity contribution is -0.124. The van der Waals surface area contributed by atoms with Crippen molar-refractivity contribution in [1.29, 1.82) is 0 Å². The topological polar surface area (TPSA) is 99.6 Å². The lowest BCUT2D eigenvalue weighted by Crippen LogP contribution is -2.45. The summed E-state index contributed by atoms with van der Waals surface area (Å²) in [6, 6.07) is 13.6. The van der Waals surface area contributed by atoms with E-state index in [1.165, 1.54) is 0 Å². The van der Waals surface area contributed by atoms with E-state index >= 15 is 0 Å². The van der Waals surface area contributed by atoms with Crippen molar-refractivity contribution in [1.82, 2.24) is 14.6 Å². The van der Waals surface area contributed by atoms with Crippen LogP contribution in [-0.4, -0.2) is 47.4 Å². The molecule has 7 nitrogen and oxygen atoms in total. The van der Waals surface area contributed by atoms with Gasteiger partial charge in [0.25, 0.3) is 0 Å². The van der Waals surface area contributed by atoms with Crippen LogP contribution in [0.3, 0.4) is 0 Å². The molecule has 2 atom stereocenters. The number of amides is 1. The monoisotopic (exact) mass is 513 g/mol. The van der Waals surface area contributed by atoms with Gasteiger partial charge in [0.2, 0.25) is 15.9 Å². The summed E-state index contributed by atoms with van der Waals surface area (Å²) in [5, 5.41) is 13.1. The van der Waals surface area contributed by atoms with Crippen molar-refractivity contribution in [2.75, 3.05) is 6.54 Å². The van der Waals surface area contributed by atoms with Gasteiger partial charge in [-0.05, 0) is 41.2 Å². The second-order valence-electron chi connectivity index (χ2n) is 9.94. The standard InChI is InChI=1S/C26H31N3O4S2/c1-17-24(34-16-28-17)19-7-5-18(6-8-19)14-27-25(31)23-13-21(30)15-29(23)35(32,33)22-11-9-20(10-12-22)26(2,3)4/h5-12,16,21,23,30H,13-15H2,1-4H3,(H,27,31)/t21-,23+/m1/s1. The number of benzene rings is 2. The predicted molar refractivity (Wildman–Crippen MR) is 138 cm³/mol. The van der Waals surface area contributed by atoms with Gasteiger partial charge in [0.1, 0.15) is 6.04 Å². The van der Waals surface area contributed by atoms with Crippen molar-refractivity contribution < 1.29 is 18.3 Å². The van der Waals surface area contributed by atoms with Crippen molar-refractivity contribution >= 4 is 27.3 Å². The number of hydrogen-bond acceptors (Lipinski definition) is 6. The van der Waals surface area contributed by atoms with E-state index < -0.39 is 28.1 Å². The van der Waals surface area contributed by atoms with E-state index in [9.17, 15) is 18.3 Å². The zero-order chi connectivity index (χ0) is 25.4. The Balaban J connectivity index is 1.45. The van der Waals surface area contributed by atoms with Crippen LogP contribution in [-0.2, 0) is 26.8 Å². The number of β-amino-alcohol motifs (C(OH)–C–C–N with tert-alkyl or cyclic N) is 1. The lowest BCUT2D eigenvalue weighted by atomic mass is 9.87. The number of nitrogens with zero attached hydrogens (tertiary/aromatic N) is 2. The van der Waals surface area contributed by atoms with E-state index in [0.29, 0.717) is 0 Å². The Labute approximate surface area is 210 Å². The first-order valence-electron chi connectivity index (χ1n) is 11.5. The van der Waals surface area contributed by atoms with Crippen LogP contribution in [0.1, 0.15) is 44.0 Å². The van der Waals surface area contributed by atoms with Gasteiger partial charge in [0.15, 0.2) is 0 Å². The summed E-state index contributed by atoms with van der Waals surface area (Å²) in [5.74, 6) is -0.418. The first-order valence-corrected chi connectivity index (χ1v) is 13.9. The van der Waals surface area contributed by atoms with E-state index in [2.05, 4.69) is 31.1 Å². The molecule has 0 radical (unpaired) electrons. The van der Waals surface area contributed by atoms with Crippen LogP contribution in [0, 0.1) is 6.92 Å². The van der Waals surface area contributed by atoms with Crippen molar-refractivity contribution in [2.45, 2.75) is 63.1 Å². The highest BCUT2D eigenvalue weighted by atomic mass is 32.2. The predicted octanol–water partition coefficient (Wildman–Crippen LogP) is 3.86. The van der Waals surface area contributed by atoms with E-state index in [1.54, 1.807) is 35.6 Å². The molecule has 1 aliphatic heterocycles. The molecular formula is C26H31N3O4S2. The molecule has 2 aromatic carbocycles. The molecule has 2 heterocycles.